The van der Waals surface area contributed by atoms with Gasteiger partial charge in [0.25, 0.3) is 0 Å². The van der Waals surface area contributed by atoms with Gasteiger partial charge in [-0.25, -0.2) is 9.97 Å². The van der Waals surface area contributed by atoms with Crippen molar-refractivity contribution in [2.45, 2.75) is 38.5 Å². The Balaban J connectivity index is 1.57. The highest BCUT2D eigenvalue weighted by Crippen LogP contribution is 2.34. The summed E-state index contributed by atoms with van der Waals surface area (Å²) in [7, 11) is 3.64. The number of hydrogen-bond donors (Lipinski definition) is 0. The van der Waals surface area contributed by atoms with Crippen molar-refractivity contribution in [3.05, 3.63) is 48.0 Å². The lowest BCUT2D eigenvalue weighted by Crippen LogP contribution is -2.46. The summed E-state index contributed by atoms with van der Waals surface area (Å²) in [6.45, 7) is 7.88. The predicted molar refractivity (Wildman–Crippen MR) is 119 cm³/mol. The molecule has 2 fully saturated rings. The van der Waals surface area contributed by atoms with Gasteiger partial charge < -0.3 is 14.5 Å². The molecular formula is C23H32N6O2. The third-order valence-electron chi connectivity index (χ3n) is 6.01. The first kappa shape index (κ1) is 21.6. The maximum Gasteiger partial charge on any atom is 0.227 e. The molecule has 8 nitrogen and oxygen atoms in total. The van der Waals surface area contributed by atoms with Crippen LogP contribution in [0.2, 0.25) is 0 Å². The monoisotopic (exact) mass is 424 g/mol. The fourth-order valence-electron chi connectivity index (χ4n) is 4.68. The third kappa shape index (κ3) is 5.02. The zero-order valence-corrected chi connectivity index (χ0v) is 18.8. The Bertz CT molecular complexity index is 883. The van der Waals surface area contributed by atoms with Gasteiger partial charge in [-0.1, -0.05) is 6.07 Å². The third-order valence-corrected chi connectivity index (χ3v) is 6.01. The largest absolute Gasteiger partial charge is 0.372 e. The van der Waals surface area contributed by atoms with Crippen LogP contribution in [0.3, 0.4) is 0 Å². The second kappa shape index (κ2) is 9.28. The van der Waals surface area contributed by atoms with E-state index in [2.05, 4.69) is 33.6 Å². The Hall–Kier alpha value is -2.58. The molecule has 2 aliphatic rings. The van der Waals surface area contributed by atoms with Gasteiger partial charge in [0, 0.05) is 65.1 Å². The van der Waals surface area contributed by atoms with E-state index in [4.69, 9.17) is 9.72 Å². The minimum Gasteiger partial charge on any atom is -0.372 e. The number of ether oxygens (including phenoxy) is 1. The molecule has 0 radical (unpaired) electrons. The molecule has 0 bridgehead atoms. The number of amides is 1. The van der Waals surface area contributed by atoms with Crippen LogP contribution in [0.4, 0.5) is 5.95 Å². The van der Waals surface area contributed by atoms with Crippen LogP contribution in [0.1, 0.15) is 31.2 Å². The number of aromatic nitrogens is 3. The highest BCUT2D eigenvalue weighted by atomic mass is 16.5. The molecule has 4 atom stereocenters. The van der Waals surface area contributed by atoms with E-state index in [1.54, 1.807) is 4.90 Å². The quantitative estimate of drug-likeness (QED) is 0.724. The van der Waals surface area contributed by atoms with Gasteiger partial charge in [0.2, 0.25) is 11.9 Å². The van der Waals surface area contributed by atoms with Crippen molar-refractivity contribution in [3.63, 3.8) is 0 Å². The maximum absolute atomic E-state index is 13.0. The number of pyridine rings is 1. The molecule has 0 N–H and O–H groups in total. The van der Waals surface area contributed by atoms with Crippen LogP contribution in [0.15, 0.2) is 36.7 Å². The summed E-state index contributed by atoms with van der Waals surface area (Å²) in [5.74, 6) is 0.751. The number of rotatable bonds is 5. The number of anilines is 1. The number of morpholine rings is 1. The molecule has 2 aliphatic heterocycles. The van der Waals surface area contributed by atoms with Gasteiger partial charge in [-0.05, 0) is 32.0 Å². The molecule has 0 aromatic carbocycles. The van der Waals surface area contributed by atoms with Crippen molar-refractivity contribution in [1.82, 2.24) is 24.8 Å². The number of hydrogen-bond acceptors (Lipinski definition) is 7. The van der Waals surface area contributed by atoms with Crippen LogP contribution in [0.25, 0.3) is 0 Å². The van der Waals surface area contributed by atoms with Crippen LogP contribution in [0, 0.1) is 5.92 Å². The van der Waals surface area contributed by atoms with Crippen molar-refractivity contribution in [3.8, 4) is 0 Å². The molecular weight excluding hydrogens is 392 g/mol. The van der Waals surface area contributed by atoms with Gasteiger partial charge in [0.15, 0.2) is 0 Å². The first-order valence-corrected chi connectivity index (χ1v) is 11.0. The summed E-state index contributed by atoms with van der Waals surface area (Å²) in [5, 5.41) is 0. The zero-order valence-electron chi connectivity index (χ0n) is 18.8. The normalized spacial score (nSPS) is 26.8. The van der Waals surface area contributed by atoms with Crippen molar-refractivity contribution in [1.29, 1.82) is 0 Å². The summed E-state index contributed by atoms with van der Waals surface area (Å²) < 4.78 is 5.85. The van der Waals surface area contributed by atoms with Gasteiger partial charge in [0.05, 0.1) is 29.5 Å². The number of likely N-dealkylation sites (tertiary alicyclic amines) is 1. The van der Waals surface area contributed by atoms with E-state index >= 15 is 0 Å². The minimum absolute atomic E-state index is 0.0243. The Morgan fingerprint density at radius 3 is 2.52 bits per heavy atom. The molecule has 4 rings (SSSR count). The molecule has 31 heavy (non-hydrogen) atoms. The second-order valence-electron chi connectivity index (χ2n) is 8.90. The van der Waals surface area contributed by atoms with Gasteiger partial charge >= 0.3 is 0 Å². The molecule has 0 aliphatic carbocycles. The van der Waals surface area contributed by atoms with Gasteiger partial charge in [0.1, 0.15) is 0 Å². The average Bonchev–Trinajstić information content (AvgIpc) is 3.17. The molecule has 2 saturated heterocycles. The molecule has 2 aromatic rings. The van der Waals surface area contributed by atoms with Crippen LogP contribution < -0.4 is 4.90 Å². The van der Waals surface area contributed by atoms with E-state index < -0.39 is 0 Å². The molecule has 1 amide bonds. The average molecular weight is 425 g/mol. The number of carbonyl (C=O) groups excluding carboxylic acids is 1. The van der Waals surface area contributed by atoms with Crippen molar-refractivity contribution >= 4 is 11.9 Å². The number of nitrogens with zero attached hydrogens (tertiary/aromatic N) is 6. The minimum atomic E-state index is -0.135. The lowest BCUT2D eigenvalue weighted by molar-refractivity contribution is -0.133. The van der Waals surface area contributed by atoms with E-state index in [1.807, 2.05) is 50.8 Å². The smallest absolute Gasteiger partial charge is 0.227 e. The summed E-state index contributed by atoms with van der Waals surface area (Å²) in [5.41, 5.74) is 1.94. The standard InChI is InChI=1S/C23H32N6O2/c1-16-11-29(12-17(2)31-16)23-25-10-8-21(26-23)19-14-28(13-18-7-5-6-9-24-18)15-20(19)22(30)27(3)4/h5-10,16-17,19-20H,11-15H2,1-4H3/t16?,17?,19-,20-/m1/s1. The summed E-state index contributed by atoms with van der Waals surface area (Å²) in [6, 6.07) is 7.91. The Labute approximate surface area is 184 Å². The molecule has 2 aromatic heterocycles. The van der Waals surface area contributed by atoms with E-state index in [0.717, 1.165) is 43.5 Å². The van der Waals surface area contributed by atoms with Crippen LogP contribution in [0.5, 0.6) is 0 Å². The Kier molecular flexibility index (Phi) is 6.48. The van der Waals surface area contributed by atoms with E-state index in [-0.39, 0.29) is 30.0 Å². The molecule has 8 heteroatoms. The molecule has 0 saturated carbocycles. The summed E-state index contributed by atoms with van der Waals surface area (Å²) in [6.07, 6.45) is 3.91. The fourth-order valence-corrected chi connectivity index (χ4v) is 4.68. The van der Waals surface area contributed by atoms with Gasteiger partial charge in [-0.3, -0.25) is 14.7 Å². The summed E-state index contributed by atoms with van der Waals surface area (Å²) in [4.78, 5) is 33.1. The van der Waals surface area contributed by atoms with E-state index in [9.17, 15) is 4.79 Å². The van der Waals surface area contributed by atoms with Crippen molar-refractivity contribution in [2.75, 3.05) is 45.2 Å². The summed E-state index contributed by atoms with van der Waals surface area (Å²) >= 11 is 0. The topological polar surface area (TPSA) is 74.7 Å². The lowest BCUT2D eigenvalue weighted by atomic mass is 9.91. The predicted octanol–water partition coefficient (Wildman–Crippen LogP) is 1.79. The highest BCUT2D eigenvalue weighted by Gasteiger charge is 2.40. The molecule has 4 heterocycles. The lowest BCUT2D eigenvalue weighted by Gasteiger charge is -2.35. The SMILES string of the molecule is CC1CN(c2nccc([C@@H]3CN(Cc4ccccn4)C[C@H]3C(=O)N(C)C)n2)CC(C)O1. The molecule has 2 unspecified atom stereocenters. The molecule has 0 spiro atoms. The number of carbonyl (C=O) groups is 1. The zero-order chi connectivity index (χ0) is 22.0. The first-order valence-electron chi connectivity index (χ1n) is 11.0. The van der Waals surface area contributed by atoms with Gasteiger partial charge in [-0.15, -0.1) is 0 Å². The molecule has 166 valence electrons. The Morgan fingerprint density at radius 1 is 1.06 bits per heavy atom. The fraction of sp³-hybridized carbons (Fsp3) is 0.565. The van der Waals surface area contributed by atoms with E-state index in [1.165, 1.54) is 0 Å². The van der Waals surface area contributed by atoms with Crippen molar-refractivity contribution < 1.29 is 9.53 Å². The maximum atomic E-state index is 13.0. The van der Waals surface area contributed by atoms with Crippen molar-refractivity contribution in [2.24, 2.45) is 5.92 Å². The van der Waals surface area contributed by atoms with Crippen LogP contribution in [-0.2, 0) is 16.1 Å². The van der Waals surface area contributed by atoms with Crippen LogP contribution in [-0.4, -0.2) is 83.1 Å². The van der Waals surface area contributed by atoms with Crippen LogP contribution >= 0.6 is 0 Å². The van der Waals surface area contributed by atoms with E-state index in [0.29, 0.717) is 6.54 Å². The van der Waals surface area contributed by atoms with Gasteiger partial charge in [-0.2, -0.15) is 0 Å². The Morgan fingerprint density at radius 2 is 1.84 bits per heavy atom. The second-order valence-corrected chi connectivity index (χ2v) is 8.90. The highest BCUT2D eigenvalue weighted by molar-refractivity contribution is 5.80. The first-order chi connectivity index (χ1) is 14.9.